The van der Waals surface area contributed by atoms with E-state index >= 15 is 0 Å². The lowest BCUT2D eigenvalue weighted by Crippen LogP contribution is -2.51. The van der Waals surface area contributed by atoms with Crippen molar-refractivity contribution in [2.45, 2.75) is 32.7 Å². The highest BCUT2D eigenvalue weighted by Crippen LogP contribution is 2.23. The minimum Gasteiger partial charge on any atom is -0.480 e. The third-order valence-corrected chi connectivity index (χ3v) is 4.88. The van der Waals surface area contributed by atoms with Gasteiger partial charge in [0.05, 0.1) is 5.39 Å². The molecule has 0 saturated heterocycles. The van der Waals surface area contributed by atoms with Gasteiger partial charge < -0.3 is 14.8 Å². The Hall–Kier alpha value is -3.41. The molecule has 144 valence electrons. The molecule has 0 aliphatic rings. The first-order valence-corrected chi connectivity index (χ1v) is 8.94. The van der Waals surface area contributed by atoms with E-state index in [2.05, 4.69) is 5.32 Å². The van der Waals surface area contributed by atoms with Gasteiger partial charge in [0.25, 0.3) is 5.91 Å². The summed E-state index contributed by atoms with van der Waals surface area (Å²) in [6, 6.07) is 13.3. The SMILES string of the molecule is CCC(C)(NC(=O)c1ccc(-c2cc(=O)c3cc(C)ccc3o2)cc1)C(=O)O. The van der Waals surface area contributed by atoms with Crippen LogP contribution in [0.3, 0.4) is 0 Å². The van der Waals surface area contributed by atoms with Crippen LogP contribution in [-0.4, -0.2) is 22.5 Å². The van der Waals surface area contributed by atoms with Gasteiger partial charge in [-0.2, -0.15) is 0 Å². The number of fused-ring (bicyclic) bond motifs is 1. The number of benzene rings is 2. The molecule has 0 bridgehead atoms. The molecule has 1 unspecified atom stereocenters. The lowest BCUT2D eigenvalue weighted by atomic mass is 9.98. The first-order chi connectivity index (χ1) is 13.2. The summed E-state index contributed by atoms with van der Waals surface area (Å²) in [5.41, 5.74) is 0.968. The summed E-state index contributed by atoms with van der Waals surface area (Å²) in [6.07, 6.45) is 0.258. The van der Waals surface area contributed by atoms with Gasteiger partial charge in [0, 0.05) is 17.2 Å². The molecule has 0 saturated carbocycles. The molecule has 28 heavy (non-hydrogen) atoms. The number of carboxylic acids is 1. The van der Waals surface area contributed by atoms with Gasteiger partial charge in [0.15, 0.2) is 5.43 Å². The van der Waals surface area contributed by atoms with Crippen molar-refractivity contribution in [1.29, 1.82) is 0 Å². The second kappa shape index (κ2) is 7.31. The average molecular weight is 379 g/mol. The van der Waals surface area contributed by atoms with Crippen LogP contribution in [-0.2, 0) is 4.79 Å². The number of carbonyl (C=O) groups excluding carboxylic acids is 1. The van der Waals surface area contributed by atoms with Gasteiger partial charge in [0.1, 0.15) is 16.9 Å². The molecule has 1 atom stereocenters. The smallest absolute Gasteiger partial charge is 0.329 e. The van der Waals surface area contributed by atoms with Gasteiger partial charge in [-0.15, -0.1) is 0 Å². The molecule has 1 aromatic heterocycles. The molecule has 0 spiro atoms. The van der Waals surface area contributed by atoms with E-state index < -0.39 is 17.4 Å². The summed E-state index contributed by atoms with van der Waals surface area (Å²) in [6.45, 7) is 5.07. The Morgan fingerprint density at radius 3 is 2.39 bits per heavy atom. The monoisotopic (exact) mass is 379 g/mol. The normalized spacial score (nSPS) is 13.1. The van der Waals surface area contributed by atoms with Crippen LogP contribution in [0.1, 0.15) is 36.2 Å². The molecular weight excluding hydrogens is 358 g/mol. The molecule has 1 amide bonds. The third-order valence-electron chi connectivity index (χ3n) is 4.88. The zero-order chi connectivity index (χ0) is 20.5. The number of aliphatic carboxylic acids is 1. The second-order valence-electron chi connectivity index (χ2n) is 7.00. The molecular formula is C22H21NO5. The van der Waals surface area contributed by atoms with Gasteiger partial charge in [-0.1, -0.05) is 30.7 Å². The predicted molar refractivity (Wildman–Crippen MR) is 106 cm³/mol. The van der Waals surface area contributed by atoms with Crippen LogP contribution >= 0.6 is 0 Å². The Balaban J connectivity index is 1.90. The molecule has 2 N–H and O–H groups in total. The minimum absolute atomic E-state index is 0.137. The molecule has 0 fully saturated rings. The van der Waals surface area contributed by atoms with Gasteiger partial charge >= 0.3 is 5.97 Å². The summed E-state index contributed by atoms with van der Waals surface area (Å²) in [5.74, 6) is -1.17. The van der Waals surface area contributed by atoms with E-state index in [9.17, 15) is 19.5 Å². The fraction of sp³-hybridized carbons (Fsp3) is 0.227. The van der Waals surface area contributed by atoms with Crippen LogP contribution in [0, 0.1) is 6.92 Å². The number of hydrogen-bond acceptors (Lipinski definition) is 4. The fourth-order valence-electron chi connectivity index (χ4n) is 2.81. The second-order valence-corrected chi connectivity index (χ2v) is 7.00. The number of hydrogen-bond donors (Lipinski definition) is 2. The van der Waals surface area contributed by atoms with Gasteiger partial charge in [-0.25, -0.2) is 4.79 Å². The number of nitrogens with one attached hydrogen (secondary N) is 1. The Morgan fingerprint density at radius 2 is 1.79 bits per heavy atom. The third kappa shape index (κ3) is 3.67. The summed E-state index contributed by atoms with van der Waals surface area (Å²) in [5, 5.41) is 12.4. The maximum atomic E-state index is 12.4. The van der Waals surface area contributed by atoms with Crippen LogP contribution in [0.2, 0.25) is 0 Å². The van der Waals surface area contributed by atoms with Crippen molar-refractivity contribution < 1.29 is 19.1 Å². The molecule has 6 nitrogen and oxygen atoms in total. The zero-order valence-electron chi connectivity index (χ0n) is 15.9. The number of carboxylic acid groups (broad SMARTS) is 1. The quantitative estimate of drug-likeness (QED) is 0.704. The molecule has 2 aromatic carbocycles. The maximum Gasteiger partial charge on any atom is 0.329 e. The van der Waals surface area contributed by atoms with Crippen LogP contribution < -0.4 is 10.7 Å². The molecule has 1 heterocycles. The highest BCUT2D eigenvalue weighted by atomic mass is 16.4. The van der Waals surface area contributed by atoms with Crippen LogP contribution in [0.15, 0.2) is 57.7 Å². The molecule has 0 aliphatic carbocycles. The number of rotatable bonds is 5. The summed E-state index contributed by atoms with van der Waals surface area (Å²) >= 11 is 0. The highest BCUT2D eigenvalue weighted by molar-refractivity contribution is 5.98. The van der Waals surface area contributed by atoms with E-state index in [4.69, 9.17) is 4.42 Å². The molecule has 6 heteroatoms. The van der Waals surface area contributed by atoms with E-state index in [0.29, 0.717) is 27.9 Å². The van der Waals surface area contributed by atoms with Crippen molar-refractivity contribution in [2.24, 2.45) is 0 Å². The summed E-state index contributed by atoms with van der Waals surface area (Å²) < 4.78 is 5.84. The minimum atomic E-state index is -1.33. The van der Waals surface area contributed by atoms with Crippen molar-refractivity contribution in [1.82, 2.24) is 5.32 Å². The molecule has 3 aromatic rings. The van der Waals surface area contributed by atoms with Crippen LogP contribution in [0.25, 0.3) is 22.3 Å². The Kier molecular flexibility index (Phi) is 5.05. The fourth-order valence-corrected chi connectivity index (χ4v) is 2.81. The zero-order valence-corrected chi connectivity index (χ0v) is 15.9. The van der Waals surface area contributed by atoms with E-state index in [1.54, 1.807) is 43.3 Å². The van der Waals surface area contributed by atoms with Crippen molar-refractivity contribution >= 4 is 22.8 Å². The average Bonchev–Trinajstić information content (AvgIpc) is 2.68. The van der Waals surface area contributed by atoms with Crippen LogP contribution in [0.5, 0.6) is 0 Å². The Labute approximate surface area is 161 Å². The number of carbonyl (C=O) groups is 2. The predicted octanol–water partition coefficient (Wildman–Crippen LogP) is 3.75. The first-order valence-electron chi connectivity index (χ1n) is 8.94. The van der Waals surface area contributed by atoms with E-state index in [0.717, 1.165) is 5.56 Å². The van der Waals surface area contributed by atoms with Crippen molar-refractivity contribution in [3.8, 4) is 11.3 Å². The summed E-state index contributed by atoms with van der Waals surface area (Å²) in [4.78, 5) is 36.1. The molecule has 0 aliphatic heterocycles. The number of aryl methyl sites for hydroxylation is 1. The Bertz CT molecular complexity index is 1110. The van der Waals surface area contributed by atoms with Gasteiger partial charge in [-0.05, 0) is 44.5 Å². The van der Waals surface area contributed by atoms with Crippen LogP contribution in [0.4, 0.5) is 0 Å². The van der Waals surface area contributed by atoms with Gasteiger partial charge in [-0.3, -0.25) is 9.59 Å². The maximum absolute atomic E-state index is 12.4. The van der Waals surface area contributed by atoms with Crippen molar-refractivity contribution in [3.05, 3.63) is 69.9 Å². The van der Waals surface area contributed by atoms with Gasteiger partial charge in [0.2, 0.25) is 0 Å². The molecule has 3 rings (SSSR count). The topological polar surface area (TPSA) is 96.6 Å². The van der Waals surface area contributed by atoms with E-state index in [1.807, 2.05) is 13.0 Å². The standard InChI is InChI=1S/C22H21NO5/c1-4-22(3,21(26)27)23-20(25)15-8-6-14(7-9-15)19-12-17(24)16-11-13(2)5-10-18(16)28-19/h5-12H,4H2,1-3H3,(H,23,25)(H,26,27). The molecule has 0 radical (unpaired) electrons. The summed E-state index contributed by atoms with van der Waals surface area (Å²) in [7, 11) is 0. The van der Waals surface area contributed by atoms with E-state index in [1.165, 1.54) is 13.0 Å². The largest absolute Gasteiger partial charge is 0.480 e. The Morgan fingerprint density at radius 1 is 1.11 bits per heavy atom. The van der Waals surface area contributed by atoms with E-state index in [-0.39, 0.29) is 11.8 Å². The lowest BCUT2D eigenvalue weighted by Gasteiger charge is -2.24. The highest BCUT2D eigenvalue weighted by Gasteiger charge is 2.33. The lowest BCUT2D eigenvalue weighted by molar-refractivity contribution is -0.143. The van der Waals surface area contributed by atoms with Crippen molar-refractivity contribution in [3.63, 3.8) is 0 Å². The first kappa shape index (κ1) is 19.4. The number of amides is 1. The van der Waals surface area contributed by atoms with Crippen molar-refractivity contribution in [2.75, 3.05) is 0 Å².